The van der Waals surface area contributed by atoms with Crippen molar-refractivity contribution >= 4 is 20.8 Å². The lowest BCUT2D eigenvalue weighted by molar-refractivity contribution is 0.544. The highest BCUT2D eigenvalue weighted by atomic mass is 32.2. The maximum absolute atomic E-state index is 13.2. The zero-order valence-corrected chi connectivity index (χ0v) is 11.0. The lowest BCUT2D eigenvalue weighted by Crippen LogP contribution is -2.33. The number of sulfonamides is 1. The predicted molar refractivity (Wildman–Crippen MR) is 62.9 cm³/mol. The minimum atomic E-state index is -3.99. The lowest BCUT2D eigenvalue weighted by atomic mass is 10.5. The predicted octanol–water partition coefficient (Wildman–Crippen LogP) is 0.266. The lowest BCUT2D eigenvalue weighted by Gasteiger charge is -2.10. The smallest absolute Gasteiger partial charge is 0.260 e. The number of halogens is 1. The van der Waals surface area contributed by atoms with Crippen LogP contribution in [0.1, 0.15) is 6.92 Å². The fourth-order valence-electron chi connectivity index (χ4n) is 0.982. The molecule has 1 aromatic rings. The van der Waals surface area contributed by atoms with Crippen LogP contribution in [-0.2, 0) is 20.8 Å². The quantitative estimate of drug-likeness (QED) is 0.839. The molecule has 0 amide bonds. The van der Waals surface area contributed by atoms with E-state index in [0.29, 0.717) is 0 Å². The Hall–Kier alpha value is -0.860. The molecule has 0 saturated heterocycles. The normalized spacial score (nSPS) is 15.5. The molecule has 0 bridgehead atoms. The second-order valence-electron chi connectivity index (χ2n) is 3.45. The van der Waals surface area contributed by atoms with Gasteiger partial charge in [-0.3, -0.25) is 4.21 Å². The molecule has 0 radical (unpaired) electrons. The molecular weight excluding hydrogens is 267 g/mol. The van der Waals surface area contributed by atoms with E-state index in [-0.39, 0.29) is 11.8 Å². The Bertz CT molecular complexity index is 519. The van der Waals surface area contributed by atoms with Crippen molar-refractivity contribution in [1.82, 2.24) is 9.71 Å². The Balaban J connectivity index is 2.84. The summed E-state index contributed by atoms with van der Waals surface area (Å²) < 4.78 is 49.8. The molecule has 1 aromatic heterocycles. The SMILES string of the molecule is CC(CNS(=O)(=O)c1ncccc1F)S(C)=O. The third-order valence-electron chi connectivity index (χ3n) is 2.11. The second-order valence-corrected chi connectivity index (χ2v) is 6.94. The van der Waals surface area contributed by atoms with Gasteiger partial charge in [-0.15, -0.1) is 0 Å². The highest BCUT2D eigenvalue weighted by Gasteiger charge is 2.21. The fourth-order valence-corrected chi connectivity index (χ4v) is 2.54. The van der Waals surface area contributed by atoms with Crippen LogP contribution in [-0.4, -0.2) is 35.7 Å². The van der Waals surface area contributed by atoms with Crippen LogP contribution in [0, 0.1) is 5.82 Å². The largest absolute Gasteiger partial charge is 0.261 e. The zero-order chi connectivity index (χ0) is 13.1. The summed E-state index contributed by atoms with van der Waals surface area (Å²) in [6.45, 7) is 1.61. The van der Waals surface area contributed by atoms with Gasteiger partial charge in [-0.1, -0.05) is 0 Å². The minimum absolute atomic E-state index is 0.0263. The van der Waals surface area contributed by atoms with Crippen LogP contribution in [0.15, 0.2) is 23.4 Å². The molecule has 17 heavy (non-hydrogen) atoms. The number of hydrogen-bond acceptors (Lipinski definition) is 4. The standard InChI is InChI=1S/C9H13FN2O3S2/c1-7(16(2)13)6-12-17(14,15)9-8(10)4-3-5-11-9/h3-5,7,12H,6H2,1-2H3. The van der Waals surface area contributed by atoms with Gasteiger partial charge in [-0.05, 0) is 19.1 Å². The summed E-state index contributed by atoms with van der Waals surface area (Å²) in [6.07, 6.45) is 2.67. The Morgan fingerprint density at radius 1 is 1.59 bits per heavy atom. The van der Waals surface area contributed by atoms with Crippen molar-refractivity contribution in [1.29, 1.82) is 0 Å². The zero-order valence-electron chi connectivity index (χ0n) is 9.38. The third-order valence-corrected chi connectivity index (χ3v) is 4.76. The molecule has 0 spiro atoms. The van der Waals surface area contributed by atoms with E-state index >= 15 is 0 Å². The van der Waals surface area contributed by atoms with Gasteiger partial charge in [-0.25, -0.2) is 22.5 Å². The average Bonchev–Trinajstić information content (AvgIpc) is 2.26. The van der Waals surface area contributed by atoms with E-state index in [1.54, 1.807) is 6.92 Å². The molecule has 1 N–H and O–H groups in total. The second kappa shape index (κ2) is 5.65. The number of nitrogens with one attached hydrogen (secondary N) is 1. The number of hydrogen-bond donors (Lipinski definition) is 1. The first-order valence-corrected chi connectivity index (χ1v) is 7.87. The van der Waals surface area contributed by atoms with Crippen LogP contribution < -0.4 is 4.72 Å². The van der Waals surface area contributed by atoms with Crippen molar-refractivity contribution < 1.29 is 17.0 Å². The molecule has 2 unspecified atom stereocenters. The maximum Gasteiger partial charge on any atom is 0.261 e. The molecule has 5 nitrogen and oxygen atoms in total. The summed E-state index contributed by atoms with van der Waals surface area (Å²) in [5, 5.41) is -0.995. The summed E-state index contributed by atoms with van der Waals surface area (Å²) in [5.74, 6) is -0.912. The van der Waals surface area contributed by atoms with Gasteiger partial charge in [0.1, 0.15) is 0 Å². The molecule has 0 aliphatic rings. The van der Waals surface area contributed by atoms with E-state index in [1.807, 2.05) is 0 Å². The van der Waals surface area contributed by atoms with E-state index in [2.05, 4.69) is 9.71 Å². The Morgan fingerprint density at radius 3 is 2.76 bits per heavy atom. The van der Waals surface area contributed by atoms with E-state index in [1.165, 1.54) is 18.5 Å². The number of pyridine rings is 1. The first-order valence-electron chi connectivity index (χ1n) is 4.77. The van der Waals surface area contributed by atoms with Gasteiger partial charge in [0.2, 0.25) is 5.03 Å². The van der Waals surface area contributed by atoms with Crippen LogP contribution >= 0.6 is 0 Å². The van der Waals surface area contributed by atoms with E-state index in [4.69, 9.17) is 0 Å². The van der Waals surface area contributed by atoms with Crippen molar-refractivity contribution in [3.63, 3.8) is 0 Å². The first-order chi connectivity index (χ1) is 7.84. The summed E-state index contributed by atoms with van der Waals surface area (Å²) >= 11 is 0. The molecule has 8 heteroatoms. The maximum atomic E-state index is 13.2. The van der Waals surface area contributed by atoms with Gasteiger partial charge < -0.3 is 0 Å². The van der Waals surface area contributed by atoms with Gasteiger partial charge in [-0.2, -0.15) is 0 Å². The van der Waals surface area contributed by atoms with Gasteiger partial charge >= 0.3 is 0 Å². The average molecular weight is 280 g/mol. The molecule has 0 saturated carbocycles. The van der Waals surface area contributed by atoms with Crippen molar-refractivity contribution in [3.8, 4) is 0 Å². The first kappa shape index (κ1) is 14.2. The van der Waals surface area contributed by atoms with Crippen molar-refractivity contribution in [2.45, 2.75) is 17.2 Å². The van der Waals surface area contributed by atoms with Gasteiger partial charge in [0.15, 0.2) is 5.82 Å². The number of rotatable bonds is 5. The Labute approximate surface area is 102 Å². The molecule has 1 rings (SSSR count). The monoisotopic (exact) mass is 280 g/mol. The molecule has 0 fully saturated rings. The van der Waals surface area contributed by atoms with Crippen molar-refractivity contribution in [2.75, 3.05) is 12.8 Å². The summed E-state index contributed by atoms with van der Waals surface area (Å²) in [5.41, 5.74) is 0. The number of aromatic nitrogens is 1. The third kappa shape index (κ3) is 3.83. The molecular formula is C9H13FN2O3S2. The van der Waals surface area contributed by atoms with Gasteiger partial charge in [0.25, 0.3) is 10.0 Å². The molecule has 1 heterocycles. The Kier molecular flexibility index (Phi) is 4.72. The summed E-state index contributed by atoms with van der Waals surface area (Å²) in [7, 11) is -5.14. The van der Waals surface area contributed by atoms with Crippen LogP contribution in [0.4, 0.5) is 4.39 Å². The minimum Gasteiger partial charge on any atom is -0.260 e. The highest BCUT2D eigenvalue weighted by molar-refractivity contribution is 7.89. The molecule has 0 aliphatic heterocycles. The van der Waals surface area contributed by atoms with Crippen molar-refractivity contribution in [3.05, 3.63) is 24.1 Å². The molecule has 2 atom stereocenters. The molecule has 0 aromatic carbocycles. The Morgan fingerprint density at radius 2 is 2.24 bits per heavy atom. The van der Waals surface area contributed by atoms with E-state index in [0.717, 1.165) is 6.07 Å². The van der Waals surface area contributed by atoms with E-state index < -0.39 is 31.7 Å². The fraction of sp³-hybridized carbons (Fsp3) is 0.444. The number of nitrogens with zero attached hydrogens (tertiary/aromatic N) is 1. The van der Waals surface area contributed by atoms with Crippen LogP contribution in [0.3, 0.4) is 0 Å². The van der Waals surface area contributed by atoms with Gasteiger partial charge in [0.05, 0.1) is 0 Å². The van der Waals surface area contributed by atoms with Crippen LogP contribution in [0.2, 0.25) is 0 Å². The van der Waals surface area contributed by atoms with Crippen LogP contribution in [0.25, 0.3) is 0 Å². The molecule has 96 valence electrons. The van der Waals surface area contributed by atoms with E-state index in [9.17, 15) is 17.0 Å². The van der Waals surface area contributed by atoms with Crippen molar-refractivity contribution in [2.24, 2.45) is 0 Å². The topological polar surface area (TPSA) is 76.1 Å². The van der Waals surface area contributed by atoms with Gasteiger partial charge in [0, 0.05) is 35.0 Å². The highest BCUT2D eigenvalue weighted by Crippen LogP contribution is 2.09. The summed E-state index contributed by atoms with van der Waals surface area (Å²) in [6, 6.07) is 2.32. The van der Waals surface area contributed by atoms with Crippen LogP contribution in [0.5, 0.6) is 0 Å². The molecule has 0 aliphatic carbocycles. The summed E-state index contributed by atoms with van der Waals surface area (Å²) in [4.78, 5) is 3.47.